The maximum absolute atomic E-state index is 12.7. The van der Waals surface area contributed by atoms with E-state index in [1.54, 1.807) is 19.9 Å². The third-order valence-electron chi connectivity index (χ3n) is 3.58. The summed E-state index contributed by atoms with van der Waals surface area (Å²) < 4.78 is 4.77. The van der Waals surface area contributed by atoms with Crippen molar-refractivity contribution in [3.05, 3.63) is 51.8 Å². The number of aromatic amines is 1. The van der Waals surface area contributed by atoms with Crippen molar-refractivity contribution >= 4 is 35.1 Å². The highest BCUT2D eigenvalue weighted by Gasteiger charge is 2.26. The Labute approximate surface area is 144 Å². The smallest absolute Gasteiger partial charge is 0.339 e. The van der Waals surface area contributed by atoms with Gasteiger partial charge in [-0.25, -0.2) is 4.79 Å². The van der Waals surface area contributed by atoms with Crippen LogP contribution >= 0.6 is 23.4 Å². The Hall–Kier alpha value is -1.72. The number of benzene rings is 1. The third kappa shape index (κ3) is 3.62. The van der Waals surface area contributed by atoms with E-state index in [9.17, 15) is 9.59 Å². The van der Waals surface area contributed by atoms with Crippen LogP contribution in [0.5, 0.6) is 0 Å². The predicted molar refractivity (Wildman–Crippen MR) is 92.7 cm³/mol. The van der Waals surface area contributed by atoms with Gasteiger partial charge < -0.3 is 9.72 Å². The zero-order chi connectivity index (χ0) is 17.1. The molecule has 0 radical (unpaired) electrons. The van der Waals surface area contributed by atoms with Gasteiger partial charge in [-0.15, -0.1) is 11.8 Å². The van der Waals surface area contributed by atoms with Gasteiger partial charge in [0, 0.05) is 10.6 Å². The molecule has 0 aliphatic carbocycles. The van der Waals surface area contributed by atoms with Gasteiger partial charge in [-0.05, 0) is 38.5 Å². The molecule has 2 rings (SSSR count). The molecular formula is C17H18ClNO3S. The Morgan fingerprint density at radius 1 is 1.26 bits per heavy atom. The number of carbonyl (C=O) groups excluding carboxylic acids is 2. The molecule has 0 fully saturated rings. The van der Waals surface area contributed by atoms with E-state index in [2.05, 4.69) is 4.98 Å². The maximum atomic E-state index is 12.7. The number of carbonyl (C=O) groups is 2. The van der Waals surface area contributed by atoms with Crippen LogP contribution in [-0.4, -0.2) is 29.1 Å². The van der Waals surface area contributed by atoms with Gasteiger partial charge in [-0.2, -0.15) is 0 Å². The van der Waals surface area contributed by atoms with Crippen LogP contribution in [0.4, 0.5) is 0 Å². The minimum Gasteiger partial charge on any atom is -0.465 e. The SMILES string of the molecule is COC(=O)c1c(C)[nH]c(C(=O)[C@@H](C)Sc2ccccc2Cl)c1C. The topological polar surface area (TPSA) is 59.2 Å². The second-order valence-corrected chi connectivity index (χ2v) is 6.96. The minimum atomic E-state index is -0.443. The van der Waals surface area contributed by atoms with E-state index in [4.69, 9.17) is 16.3 Å². The molecule has 1 aromatic heterocycles. The molecule has 0 amide bonds. The number of methoxy groups -OCH3 is 1. The number of hydrogen-bond acceptors (Lipinski definition) is 4. The second-order valence-electron chi connectivity index (χ2n) is 5.17. The van der Waals surface area contributed by atoms with Crippen LogP contribution in [0, 0.1) is 13.8 Å². The zero-order valence-electron chi connectivity index (χ0n) is 13.4. The number of aryl methyl sites for hydroxylation is 1. The Morgan fingerprint density at radius 2 is 1.91 bits per heavy atom. The fraction of sp³-hybridized carbons (Fsp3) is 0.294. The molecule has 0 aliphatic rings. The first-order valence-electron chi connectivity index (χ1n) is 7.09. The molecule has 2 aromatic rings. The van der Waals surface area contributed by atoms with E-state index in [0.717, 1.165) is 4.90 Å². The Balaban J connectivity index is 2.27. The van der Waals surface area contributed by atoms with Crippen LogP contribution in [0.2, 0.25) is 5.02 Å². The molecule has 0 unspecified atom stereocenters. The molecule has 0 spiro atoms. The van der Waals surface area contributed by atoms with Crippen molar-refractivity contribution < 1.29 is 14.3 Å². The fourth-order valence-electron chi connectivity index (χ4n) is 2.39. The van der Waals surface area contributed by atoms with Gasteiger partial charge in [-0.1, -0.05) is 23.7 Å². The molecule has 1 atom stereocenters. The number of halogens is 1. The third-order valence-corrected chi connectivity index (χ3v) is 5.20. The summed E-state index contributed by atoms with van der Waals surface area (Å²) in [6.07, 6.45) is 0. The van der Waals surface area contributed by atoms with Crippen LogP contribution in [0.25, 0.3) is 0 Å². The van der Waals surface area contributed by atoms with Crippen molar-refractivity contribution in [1.29, 1.82) is 0 Å². The van der Waals surface area contributed by atoms with Crippen LogP contribution in [0.3, 0.4) is 0 Å². The van der Waals surface area contributed by atoms with E-state index < -0.39 is 5.97 Å². The first-order valence-corrected chi connectivity index (χ1v) is 8.35. The van der Waals surface area contributed by atoms with Crippen molar-refractivity contribution in [2.24, 2.45) is 0 Å². The number of aromatic nitrogens is 1. The first-order chi connectivity index (χ1) is 10.9. The highest BCUT2D eigenvalue weighted by atomic mass is 35.5. The van der Waals surface area contributed by atoms with Gasteiger partial charge in [0.05, 0.1) is 28.6 Å². The standard InChI is InChI=1S/C17H18ClNO3S/c1-9-14(17(21)22-4)10(2)19-15(9)16(20)11(3)23-13-8-6-5-7-12(13)18/h5-8,11,19H,1-4H3/t11-/m1/s1. The number of H-pyrrole nitrogens is 1. The van der Waals surface area contributed by atoms with Gasteiger partial charge in [0.15, 0.2) is 5.78 Å². The molecule has 1 heterocycles. The molecule has 0 saturated heterocycles. The fourth-order valence-corrected chi connectivity index (χ4v) is 3.61. The average Bonchev–Trinajstić information content (AvgIpc) is 2.82. The molecule has 1 aromatic carbocycles. The van der Waals surface area contributed by atoms with E-state index in [1.807, 2.05) is 25.1 Å². The van der Waals surface area contributed by atoms with E-state index in [1.165, 1.54) is 18.9 Å². The van der Waals surface area contributed by atoms with Gasteiger partial charge in [0.2, 0.25) is 0 Å². The molecule has 1 N–H and O–H groups in total. The Bertz CT molecular complexity index is 754. The monoisotopic (exact) mass is 351 g/mol. The van der Waals surface area contributed by atoms with Gasteiger partial charge in [0.25, 0.3) is 0 Å². The predicted octanol–water partition coefficient (Wildman–Crippen LogP) is 4.44. The molecule has 23 heavy (non-hydrogen) atoms. The first kappa shape index (κ1) is 17.6. The number of nitrogens with one attached hydrogen (secondary N) is 1. The van der Waals surface area contributed by atoms with Crippen molar-refractivity contribution in [2.45, 2.75) is 30.9 Å². The lowest BCUT2D eigenvalue weighted by Crippen LogP contribution is -2.15. The number of rotatable bonds is 5. The van der Waals surface area contributed by atoms with Crippen LogP contribution in [-0.2, 0) is 4.74 Å². The van der Waals surface area contributed by atoms with Gasteiger partial charge in [-0.3, -0.25) is 4.79 Å². The van der Waals surface area contributed by atoms with Crippen LogP contribution in [0.1, 0.15) is 39.0 Å². The van der Waals surface area contributed by atoms with Gasteiger partial charge in [0.1, 0.15) is 0 Å². The largest absolute Gasteiger partial charge is 0.465 e. The zero-order valence-corrected chi connectivity index (χ0v) is 15.0. The molecule has 0 bridgehead atoms. The lowest BCUT2D eigenvalue weighted by atomic mass is 10.1. The minimum absolute atomic E-state index is 0.0781. The molecular weight excluding hydrogens is 334 g/mol. The number of thioether (sulfide) groups is 1. The van der Waals surface area contributed by atoms with E-state index in [-0.39, 0.29) is 11.0 Å². The average molecular weight is 352 g/mol. The molecule has 122 valence electrons. The molecule has 6 heteroatoms. The summed E-state index contributed by atoms with van der Waals surface area (Å²) in [5.74, 6) is -0.521. The quantitative estimate of drug-likeness (QED) is 0.491. The van der Waals surface area contributed by atoms with E-state index >= 15 is 0 Å². The highest BCUT2D eigenvalue weighted by Crippen LogP contribution is 2.32. The number of ketones is 1. The van der Waals surface area contributed by atoms with Crippen molar-refractivity contribution in [1.82, 2.24) is 4.98 Å². The summed E-state index contributed by atoms with van der Waals surface area (Å²) >= 11 is 7.53. The normalized spacial score (nSPS) is 12.0. The van der Waals surface area contributed by atoms with Gasteiger partial charge >= 0.3 is 5.97 Å². The summed E-state index contributed by atoms with van der Waals surface area (Å²) in [6.45, 7) is 5.32. The summed E-state index contributed by atoms with van der Waals surface area (Å²) in [5.41, 5.74) is 2.11. The van der Waals surface area contributed by atoms with E-state index in [0.29, 0.717) is 27.5 Å². The lowest BCUT2D eigenvalue weighted by molar-refractivity contribution is 0.0599. The number of hydrogen-bond donors (Lipinski definition) is 1. The molecule has 4 nitrogen and oxygen atoms in total. The highest BCUT2D eigenvalue weighted by molar-refractivity contribution is 8.00. The lowest BCUT2D eigenvalue weighted by Gasteiger charge is -2.11. The Kier molecular flexibility index (Phi) is 5.55. The number of Topliss-reactive ketones (excluding diaryl/α,β-unsaturated/α-hetero) is 1. The Morgan fingerprint density at radius 3 is 2.52 bits per heavy atom. The number of esters is 1. The summed E-state index contributed by atoms with van der Waals surface area (Å²) in [4.78, 5) is 28.4. The van der Waals surface area contributed by atoms with Crippen LogP contribution < -0.4 is 0 Å². The van der Waals surface area contributed by atoms with Crippen molar-refractivity contribution in [3.8, 4) is 0 Å². The molecule has 0 aliphatic heterocycles. The molecule has 0 saturated carbocycles. The second kappa shape index (κ2) is 7.23. The maximum Gasteiger partial charge on any atom is 0.339 e. The summed E-state index contributed by atoms with van der Waals surface area (Å²) in [5, 5.41) is 0.281. The van der Waals surface area contributed by atoms with Crippen LogP contribution in [0.15, 0.2) is 29.2 Å². The van der Waals surface area contributed by atoms with Crippen molar-refractivity contribution in [3.63, 3.8) is 0 Å². The van der Waals surface area contributed by atoms with Crippen molar-refractivity contribution in [2.75, 3.05) is 7.11 Å². The summed E-state index contributed by atoms with van der Waals surface area (Å²) in [6, 6.07) is 7.40. The summed E-state index contributed by atoms with van der Waals surface area (Å²) in [7, 11) is 1.32. The number of ether oxygens (including phenoxy) is 1.